The molecule has 63 heavy (non-hydrogen) atoms. The Labute approximate surface area is 365 Å². The van der Waals surface area contributed by atoms with E-state index in [-0.39, 0.29) is 38.0 Å². The van der Waals surface area contributed by atoms with Gasteiger partial charge in [0.1, 0.15) is 38.6 Å². The molecule has 0 aliphatic rings. The molecule has 0 saturated heterocycles. The quantitative estimate of drug-likeness (QED) is 0.0382. The number of fused-ring (bicyclic) bond motifs is 1. The van der Waals surface area contributed by atoms with Crippen LogP contribution in [0.25, 0.3) is 10.9 Å². The molecule has 0 bridgehead atoms. The van der Waals surface area contributed by atoms with Crippen molar-refractivity contribution >= 4 is 45.9 Å². The van der Waals surface area contributed by atoms with Crippen LogP contribution in [0.15, 0.2) is 152 Å². The Morgan fingerprint density at radius 1 is 0.571 bits per heavy atom. The molecule has 0 aliphatic heterocycles. The second-order valence-corrected chi connectivity index (χ2v) is 14.5. The summed E-state index contributed by atoms with van der Waals surface area (Å²) in [4.78, 5) is 61.4. The van der Waals surface area contributed by atoms with E-state index < -0.39 is 23.8 Å². The zero-order chi connectivity index (χ0) is 44.1. The lowest BCUT2D eigenvalue weighted by Gasteiger charge is -2.17. The standard InChI is InChI=1S/C52H43N3O8/c1-4-36-14-11-23-43(28-36)55-50-44-31-46(60-24-26-62-51(58)34(2)39-19-12-21-41(29-39)48(56)37-15-7-5-8-16-37)47(32-45(44)53-33-54-50)61-25-27-63-52(59)35(3)40-20-13-22-42(30-40)49(57)38-17-9-6-10-18-38/h1,5-23,28-35H,24-27H2,2-3H3,(H,53,54,55). The van der Waals surface area contributed by atoms with Gasteiger partial charge in [-0.1, -0.05) is 109 Å². The first-order valence-electron chi connectivity index (χ1n) is 20.3. The Balaban J connectivity index is 1.01. The Morgan fingerprint density at radius 3 is 1.62 bits per heavy atom. The molecule has 1 heterocycles. The van der Waals surface area contributed by atoms with Crippen LogP contribution in [-0.2, 0) is 19.1 Å². The van der Waals surface area contributed by atoms with Gasteiger partial charge >= 0.3 is 11.9 Å². The predicted molar refractivity (Wildman–Crippen MR) is 240 cm³/mol. The number of carbonyl (C=O) groups excluding carboxylic acids is 4. The summed E-state index contributed by atoms with van der Waals surface area (Å²) in [6.45, 7) is 3.20. The third-order valence-electron chi connectivity index (χ3n) is 10.2. The highest BCUT2D eigenvalue weighted by atomic mass is 16.6. The molecule has 0 aliphatic carbocycles. The lowest BCUT2D eigenvalue weighted by Crippen LogP contribution is -2.18. The van der Waals surface area contributed by atoms with Crippen LogP contribution in [-0.4, -0.2) is 59.9 Å². The van der Waals surface area contributed by atoms with Gasteiger partial charge in [-0.15, -0.1) is 6.42 Å². The molecule has 1 N–H and O–H groups in total. The number of aromatic nitrogens is 2. The Hall–Kier alpha value is -8.10. The van der Waals surface area contributed by atoms with Gasteiger partial charge in [0.15, 0.2) is 23.1 Å². The number of benzene rings is 6. The average Bonchev–Trinajstić information content (AvgIpc) is 3.33. The lowest BCUT2D eigenvalue weighted by molar-refractivity contribution is -0.146. The van der Waals surface area contributed by atoms with Gasteiger partial charge in [-0.2, -0.15) is 0 Å². The average molecular weight is 838 g/mol. The highest BCUT2D eigenvalue weighted by Gasteiger charge is 2.21. The number of terminal acetylenes is 1. The maximum absolute atomic E-state index is 13.2. The smallest absolute Gasteiger partial charge is 0.313 e. The first-order valence-corrected chi connectivity index (χ1v) is 20.3. The highest BCUT2D eigenvalue weighted by molar-refractivity contribution is 6.09. The van der Waals surface area contributed by atoms with Crippen molar-refractivity contribution in [3.8, 4) is 23.8 Å². The highest BCUT2D eigenvalue weighted by Crippen LogP contribution is 2.35. The molecule has 11 heteroatoms. The van der Waals surface area contributed by atoms with E-state index in [2.05, 4.69) is 21.2 Å². The second-order valence-electron chi connectivity index (χ2n) is 14.5. The van der Waals surface area contributed by atoms with Crippen LogP contribution in [0.5, 0.6) is 11.5 Å². The first-order chi connectivity index (χ1) is 30.7. The molecule has 2 atom stereocenters. The minimum absolute atomic E-state index is 0.0275. The monoisotopic (exact) mass is 837 g/mol. The Bertz CT molecular complexity index is 2800. The van der Waals surface area contributed by atoms with E-state index >= 15 is 0 Å². The van der Waals surface area contributed by atoms with Gasteiger partial charge in [-0.05, 0) is 61.4 Å². The fraction of sp³-hybridized carbons (Fsp3) is 0.154. The van der Waals surface area contributed by atoms with Gasteiger partial charge in [0.2, 0.25) is 0 Å². The van der Waals surface area contributed by atoms with Crippen LogP contribution in [0.1, 0.15) is 74.2 Å². The normalized spacial score (nSPS) is 11.7. The summed E-state index contributed by atoms with van der Waals surface area (Å²) < 4.78 is 23.5. The molecular formula is C52H43N3O8. The Kier molecular flexibility index (Phi) is 14.0. The van der Waals surface area contributed by atoms with Crippen molar-refractivity contribution in [2.75, 3.05) is 31.7 Å². The minimum atomic E-state index is -0.655. The van der Waals surface area contributed by atoms with E-state index in [0.29, 0.717) is 67.2 Å². The fourth-order valence-corrected chi connectivity index (χ4v) is 6.73. The van der Waals surface area contributed by atoms with Gasteiger partial charge in [0.25, 0.3) is 0 Å². The molecule has 0 fully saturated rings. The van der Waals surface area contributed by atoms with Crippen molar-refractivity contribution in [1.29, 1.82) is 0 Å². The van der Waals surface area contributed by atoms with Crippen molar-refractivity contribution in [3.63, 3.8) is 0 Å². The van der Waals surface area contributed by atoms with Crippen molar-refractivity contribution in [2.24, 2.45) is 0 Å². The summed E-state index contributed by atoms with van der Waals surface area (Å²) >= 11 is 0. The third kappa shape index (κ3) is 10.8. The van der Waals surface area contributed by atoms with E-state index in [1.807, 2.05) is 36.4 Å². The Morgan fingerprint density at radius 2 is 1.08 bits per heavy atom. The van der Waals surface area contributed by atoms with Crippen LogP contribution >= 0.6 is 0 Å². The molecule has 2 unspecified atom stereocenters. The molecule has 11 nitrogen and oxygen atoms in total. The van der Waals surface area contributed by atoms with E-state index in [9.17, 15) is 19.2 Å². The van der Waals surface area contributed by atoms with Crippen molar-refractivity contribution in [2.45, 2.75) is 25.7 Å². The second kappa shape index (κ2) is 20.4. The zero-order valence-corrected chi connectivity index (χ0v) is 34.7. The molecule has 0 amide bonds. The van der Waals surface area contributed by atoms with Crippen molar-refractivity contribution in [3.05, 3.63) is 191 Å². The zero-order valence-electron chi connectivity index (χ0n) is 34.7. The number of nitrogens with zero attached hydrogens (tertiary/aromatic N) is 2. The van der Waals surface area contributed by atoms with Gasteiger partial charge in [-0.3, -0.25) is 19.2 Å². The number of rotatable bonds is 18. The van der Waals surface area contributed by atoms with Gasteiger partial charge in [-0.25, -0.2) is 9.97 Å². The van der Waals surface area contributed by atoms with E-state index in [0.717, 1.165) is 5.69 Å². The van der Waals surface area contributed by atoms with Crippen LogP contribution in [0.2, 0.25) is 0 Å². The maximum Gasteiger partial charge on any atom is 0.313 e. The topological polar surface area (TPSA) is 143 Å². The number of carbonyl (C=O) groups is 4. The number of ether oxygens (including phenoxy) is 4. The largest absolute Gasteiger partial charge is 0.486 e. The number of nitrogens with one attached hydrogen (secondary N) is 1. The number of ketones is 2. The summed E-state index contributed by atoms with van der Waals surface area (Å²) in [6, 6.07) is 42.5. The third-order valence-corrected chi connectivity index (χ3v) is 10.2. The summed E-state index contributed by atoms with van der Waals surface area (Å²) in [5, 5.41) is 3.90. The summed E-state index contributed by atoms with van der Waals surface area (Å²) in [7, 11) is 0. The summed E-state index contributed by atoms with van der Waals surface area (Å²) in [6.07, 6.45) is 7.04. The molecule has 314 valence electrons. The fourth-order valence-electron chi connectivity index (χ4n) is 6.73. The van der Waals surface area contributed by atoms with E-state index in [1.165, 1.54) is 6.33 Å². The SMILES string of the molecule is C#Cc1cccc(Nc2ncnc3cc(OCCOC(=O)C(C)c4cccc(C(=O)c5ccccc5)c4)c(OCCOC(=O)C(C)c4cccc(C(=O)c5ccccc5)c4)cc23)c1. The summed E-state index contributed by atoms with van der Waals surface area (Å²) in [5.74, 6) is 1.15. The molecule has 7 aromatic rings. The van der Waals surface area contributed by atoms with Gasteiger partial charge < -0.3 is 24.3 Å². The minimum Gasteiger partial charge on any atom is -0.486 e. The van der Waals surface area contributed by atoms with Gasteiger partial charge in [0, 0.05) is 45.0 Å². The summed E-state index contributed by atoms with van der Waals surface area (Å²) in [5.41, 5.74) is 5.28. The van der Waals surface area contributed by atoms with Crippen LogP contribution in [0.3, 0.4) is 0 Å². The van der Waals surface area contributed by atoms with Crippen molar-refractivity contribution in [1.82, 2.24) is 9.97 Å². The van der Waals surface area contributed by atoms with Crippen LogP contribution in [0, 0.1) is 12.3 Å². The maximum atomic E-state index is 13.2. The lowest BCUT2D eigenvalue weighted by atomic mass is 9.96. The number of anilines is 2. The molecule has 0 spiro atoms. The van der Waals surface area contributed by atoms with E-state index in [1.54, 1.807) is 123 Å². The van der Waals surface area contributed by atoms with Crippen LogP contribution in [0.4, 0.5) is 11.5 Å². The number of esters is 2. The number of hydrogen-bond donors (Lipinski definition) is 1. The molecule has 6 aromatic carbocycles. The van der Waals surface area contributed by atoms with Crippen LogP contribution < -0.4 is 14.8 Å². The van der Waals surface area contributed by atoms with Gasteiger partial charge in [0.05, 0.1) is 17.4 Å². The van der Waals surface area contributed by atoms with Crippen molar-refractivity contribution < 1.29 is 38.1 Å². The predicted octanol–water partition coefficient (Wildman–Crippen LogP) is 9.27. The molecule has 1 aromatic heterocycles. The molecule has 0 saturated carbocycles. The molecule has 7 rings (SSSR count). The molecule has 0 radical (unpaired) electrons. The molecular weight excluding hydrogens is 795 g/mol. The van der Waals surface area contributed by atoms with E-state index in [4.69, 9.17) is 25.4 Å². The number of hydrogen-bond acceptors (Lipinski definition) is 11. The first kappa shape index (κ1) is 43.0.